The predicted molar refractivity (Wildman–Crippen MR) is 38.6 cm³/mol. The van der Waals surface area contributed by atoms with Crippen molar-refractivity contribution in [3.05, 3.63) is 0 Å². The summed E-state index contributed by atoms with van der Waals surface area (Å²) in [5, 5.41) is 3.55. The maximum absolute atomic E-state index is 10.8. The molecule has 0 saturated carbocycles. The lowest BCUT2D eigenvalue weighted by Gasteiger charge is -1.99. The van der Waals surface area contributed by atoms with Gasteiger partial charge >= 0.3 is 0 Å². The van der Waals surface area contributed by atoms with E-state index >= 15 is 0 Å². The van der Waals surface area contributed by atoms with Crippen LogP contribution in [0.5, 0.6) is 0 Å². The quantitative estimate of drug-likeness (QED) is 0.547. The first-order valence-electron chi connectivity index (χ1n) is 3.31. The fraction of sp³-hybridized carbons (Fsp3) is 0.500. The maximum Gasteiger partial charge on any atom is 0.248 e. The van der Waals surface area contributed by atoms with Gasteiger partial charge in [0.05, 0.1) is 5.92 Å². The van der Waals surface area contributed by atoms with Crippen molar-refractivity contribution < 1.29 is 9.59 Å². The molecular formula is C6H9N3O2. The number of nitrogens with two attached hydrogens (primary N) is 1. The molecule has 1 rings (SSSR count). The van der Waals surface area contributed by atoms with Crippen LogP contribution in [-0.2, 0) is 9.59 Å². The lowest BCUT2D eigenvalue weighted by atomic mass is 10.1. The van der Waals surface area contributed by atoms with Crippen molar-refractivity contribution in [1.29, 1.82) is 0 Å². The van der Waals surface area contributed by atoms with Crippen LogP contribution in [0, 0.1) is 5.92 Å². The van der Waals surface area contributed by atoms with E-state index in [0.717, 1.165) is 0 Å². The molecule has 0 radical (unpaired) electrons. The molecule has 3 N–H and O–H groups in total. The van der Waals surface area contributed by atoms with E-state index in [-0.39, 0.29) is 18.2 Å². The third-order valence-corrected chi connectivity index (χ3v) is 1.47. The van der Waals surface area contributed by atoms with E-state index in [9.17, 15) is 9.59 Å². The van der Waals surface area contributed by atoms with Crippen LogP contribution in [0.2, 0.25) is 0 Å². The highest BCUT2D eigenvalue weighted by molar-refractivity contribution is 5.97. The lowest BCUT2D eigenvalue weighted by molar-refractivity contribution is -0.122. The number of amides is 2. The minimum atomic E-state index is -0.391. The van der Waals surface area contributed by atoms with Crippen LogP contribution in [0.25, 0.3) is 0 Å². The Balaban J connectivity index is 2.31. The number of carbonyl (C=O) groups excluding carboxylic acids is 2. The van der Waals surface area contributed by atoms with Crippen molar-refractivity contribution in [3.63, 3.8) is 0 Å². The average Bonchev–Trinajstić information content (AvgIpc) is 2.31. The predicted octanol–water partition coefficient (Wildman–Crippen LogP) is -1.02. The zero-order chi connectivity index (χ0) is 8.27. The Kier molecular flexibility index (Phi) is 2.20. The first kappa shape index (κ1) is 7.71. The first-order valence-corrected chi connectivity index (χ1v) is 3.31. The van der Waals surface area contributed by atoms with Gasteiger partial charge in [-0.25, -0.2) is 5.43 Å². The zero-order valence-corrected chi connectivity index (χ0v) is 5.91. The molecule has 0 bridgehead atoms. The fourth-order valence-corrected chi connectivity index (χ4v) is 0.845. The Labute approximate surface area is 63.6 Å². The number of hydrogen-bond acceptors (Lipinski definition) is 3. The average molecular weight is 155 g/mol. The molecular weight excluding hydrogens is 146 g/mol. The van der Waals surface area contributed by atoms with Crippen LogP contribution in [0.15, 0.2) is 5.10 Å². The Hall–Kier alpha value is -1.39. The molecule has 0 spiro atoms. The molecule has 5 heteroatoms. The van der Waals surface area contributed by atoms with E-state index in [0.29, 0.717) is 6.42 Å². The molecule has 1 unspecified atom stereocenters. The van der Waals surface area contributed by atoms with Gasteiger partial charge in [0, 0.05) is 12.6 Å². The lowest BCUT2D eigenvalue weighted by Crippen LogP contribution is -2.21. The van der Waals surface area contributed by atoms with Gasteiger partial charge in [-0.2, -0.15) is 5.10 Å². The monoisotopic (exact) mass is 155 g/mol. The van der Waals surface area contributed by atoms with Gasteiger partial charge in [0.2, 0.25) is 11.8 Å². The zero-order valence-electron chi connectivity index (χ0n) is 5.91. The molecule has 0 aromatic carbocycles. The third kappa shape index (κ3) is 2.03. The third-order valence-electron chi connectivity index (χ3n) is 1.47. The van der Waals surface area contributed by atoms with Crippen LogP contribution in [0.3, 0.4) is 0 Å². The molecule has 0 aromatic rings. The summed E-state index contributed by atoms with van der Waals surface area (Å²) in [6.07, 6.45) is 2.17. The Bertz CT molecular complexity index is 212. The molecule has 1 aliphatic heterocycles. The van der Waals surface area contributed by atoms with Crippen molar-refractivity contribution in [1.82, 2.24) is 5.43 Å². The SMILES string of the molecule is NC(=O)CCC1C=NNC1=O. The summed E-state index contributed by atoms with van der Waals surface area (Å²) in [6, 6.07) is 0. The van der Waals surface area contributed by atoms with Gasteiger partial charge in [0.15, 0.2) is 0 Å². The van der Waals surface area contributed by atoms with Crippen LogP contribution in [-0.4, -0.2) is 18.0 Å². The molecule has 11 heavy (non-hydrogen) atoms. The van der Waals surface area contributed by atoms with Gasteiger partial charge in [0.25, 0.3) is 0 Å². The van der Waals surface area contributed by atoms with Crippen molar-refractivity contribution in [2.24, 2.45) is 16.8 Å². The van der Waals surface area contributed by atoms with E-state index in [2.05, 4.69) is 10.5 Å². The molecule has 1 aliphatic rings. The molecule has 1 heterocycles. The Morgan fingerprint density at radius 3 is 3.00 bits per heavy atom. The summed E-state index contributed by atoms with van der Waals surface area (Å²) >= 11 is 0. The summed E-state index contributed by atoms with van der Waals surface area (Å²) in [7, 11) is 0. The summed E-state index contributed by atoms with van der Waals surface area (Å²) in [5.74, 6) is -0.827. The summed E-state index contributed by atoms with van der Waals surface area (Å²) in [6.45, 7) is 0. The van der Waals surface area contributed by atoms with Crippen molar-refractivity contribution >= 4 is 18.0 Å². The summed E-state index contributed by atoms with van der Waals surface area (Å²) < 4.78 is 0. The molecule has 0 saturated heterocycles. The molecule has 0 fully saturated rings. The number of hydrogen-bond donors (Lipinski definition) is 2. The van der Waals surface area contributed by atoms with Crippen LogP contribution in [0.4, 0.5) is 0 Å². The van der Waals surface area contributed by atoms with Crippen LogP contribution in [0.1, 0.15) is 12.8 Å². The maximum atomic E-state index is 10.8. The van der Waals surface area contributed by atoms with E-state index in [1.54, 1.807) is 0 Å². The Morgan fingerprint density at radius 1 is 1.82 bits per heavy atom. The standard InChI is InChI=1S/C6H9N3O2/c7-5(10)2-1-4-3-8-9-6(4)11/h3-4H,1-2H2,(H2,7,10)(H,9,11). The van der Waals surface area contributed by atoms with E-state index in [4.69, 9.17) is 5.73 Å². The highest BCUT2D eigenvalue weighted by Gasteiger charge is 2.20. The minimum Gasteiger partial charge on any atom is -0.370 e. The number of hydrazone groups is 1. The number of nitrogens with zero attached hydrogens (tertiary/aromatic N) is 1. The highest BCUT2D eigenvalue weighted by atomic mass is 16.2. The van der Waals surface area contributed by atoms with Crippen LogP contribution >= 0.6 is 0 Å². The number of carbonyl (C=O) groups is 2. The van der Waals surface area contributed by atoms with Gasteiger partial charge in [-0.05, 0) is 6.42 Å². The second kappa shape index (κ2) is 3.14. The fourth-order valence-electron chi connectivity index (χ4n) is 0.845. The van der Waals surface area contributed by atoms with Crippen molar-refractivity contribution in [2.45, 2.75) is 12.8 Å². The van der Waals surface area contributed by atoms with Gasteiger partial charge < -0.3 is 5.73 Å². The molecule has 2 amide bonds. The van der Waals surface area contributed by atoms with Gasteiger partial charge in [-0.3, -0.25) is 9.59 Å². The number of rotatable bonds is 3. The van der Waals surface area contributed by atoms with Crippen molar-refractivity contribution in [2.75, 3.05) is 0 Å². The Morgan fingerprint density at radius 2 is 2.55 bits per heavy atom. The molecule has 5 nitrogen and oxygen atoms in total. The van der Waals surface area contributed by atoms with Gasteiger partial charge in [-0.15, -0.1) is 0 Å². The largest absolute Gasteiger partial charge is 0.370 e. The second-order valence-electron chi connectivity index (χ2n) is 2.37. The molecule has 1 atom stereocenters. The second-order valence-corrected chi connectivity index (χ2v) is 2.37. The molecule has 0 aliphatic carbocycles. The highest BCUT2D eigenvalue weighted by Crippen LogP contribution is 2.06. The smallest absolute Gasteiger partial charge is 0.248 e. The topological polar surface area (TPSA) is 84.6 Å². The number of nitrogens with one attached hydrogen (secondary N) is 1. The van der Waals surface area contributed by atoms with E-state index < -0.39 is 5.91 Å². The van der Waals surface area contributed by atoms with Gasteiger partial charge in [-0.1, -0.05) is 0 Å². The number of primary amides is 1. The summed E-state index contributed by atoms with van der Waals surface area (Å²) in [5.41, 5.74) is 7.17. The first-order chi connectivity index (χ1) is 5.20. The molecule has 60 valence electrons. The normalized spacial score (nSPS) is 21.8. The van der Waals surface area contributed by atoms with Crippen molar-refractivity contribution in [3.8, 4) is 0 Å². The molecule has 0 aromatic heterocycles. The van der Waals surface area contributed by atoms with E-state index in [1.807, 2.05) is 0 Å². The van der Waals surface area contributed by atoms with Crippen LogP contribution < -0.4 is 11.2 Å². The van der Waals surface area contributed by atoms with E-state index in [1.165, 1.54) is 6.21 Å². The summed E-state index contributed by atoms with van der Waals surface area (Å²) in [4.78, 5) is 21.1. The van der Waals surface area contributed by atoms with Gasteiger partial charge in [0.1, 0.15) is 0 Å². The minimum absolute atomic E-state index is 0.161.